The molecule has 0 fully saturated rings. The Morgan fingerprint density at radius 3 is 2.48 bits per heavy atom. The molecule has 25 heavy (non-hydrogen) atoms. The average molecular weight is 338 g/mol. The SMILES string of the molecule is COc1ccc(CC(C)(C)NCCCOc2ccccc2C#N)cc1. The number of methoxy groups -OCH3 is 1. The van der Waals surface area contributed by atoms with Crippen LogP contribution in [0.3, 0.4) is 0 Å². The number of nitrogens with zero attached hydrogens (tertiary/aromatic N) is 1. The van der Waals surface area contributed by atoms with E-state index in [2.05, 4.69) is 37.4 Å². The second-order valence-electron chi connectivity index (χ2n) is 6.65. The van der Waals surface area contributed by atoms with Crippen molar-refractivity contribution in [3.8, 4) is 17.6 Å². The summed E-state index contributed by atoms with van der Waals surface area (Å²) in [5.41, 5.74) is 1.85. The Balaban J connectivity index is 1.73. The molecule has 2 aromatic carbocycles. The molecule has 0 spiro atoms. The zero-order chi connectivity index (χ0) is 18.1. The van der Waals surface area contributed by atoms with Crippen LogP contribution >= 0.6 is 0 Å². The van der Waals surface area contributed by atoms with Gasteiger partial charge >= 0.3 is 0 Å². The van der Waals surface area contributed by atoms with Gasteiger partial charge in [-0.05, 0) is 63.1 Å². The number of nitriles is 1. The quantitative estimate of drug-likeness (QED) is 0.704. The monoisotopic (exact) mass is 338 g/mol. The van der Waals surface area contributed by atoms with Crippen LogP contribution in [0.1, 0.15) is 31.4 Å². The van der Waals surface area contributed by atoms with E-state index in [9.17, 15) is 0 Å². The van der Waals surface area contributed by atoms with E-state index in [1.54, 1.807) is 13.2 Å². The normalized spacial score (nSPS) is 11.0. The van der Waals surface area contributed by atoms with Gasteiger partial charge in [-0.1, -0.05) is 24.3 Å². The molecule has 4 nitrogen and oxygen atoms in total. The standard InChI is InChI=1S/C21H26N2O2/c1-21(2,15-17-9-11-19(24-3)12-10-17)23-13-6-14-25-20-8-5-4-7-18(20)16-22/h4-5,7-12,23H,6,13-15H2,1-3H3. The van der Waals surface area contributed by atoms with Crippen LogP contribution in [0.15, 0.2) is 48.5 Å². The molecule has 2 aromatic rings. The number of hydrogen-bond acceptors (Lipinski definition) is 4. The van der Waals surface area contributed by atoms with Crippen molar-refractivity contribution in [2.75, 3.05) is 20.3 Å². The van der Waals surface area contributed by atoms with Crippen molar-refractivity contribution in [2.24, 2.45) is 0 Å². The second-order valence-corrected chi connectivity index (χ2v) is 6.65. The lowest BCUT2D eigenvalue weighted by Gasteiger charge is -2.26. The van der Waals surface area contributed by atoms with Crippen molar-refractivity contribution in [3.63, 3.8) is 0 Å². The fourth-order valence-corrected chi connectivity index (χ4v) is 2.68. The molecule has 0 aliphatic rings. The number of hydrogen-bond donors (Lipinski definition) is 1. The lowest BCUT2D eigenvalue weighted by atomic mass is 9.95. The van der Waals surface area contributed by atoms with Crippen molar-refractivity contribution in [1.82, 2.24) is 5.32 Å². The van der Waals surface area contributed by atoms with Crippen LogP contribution in [-0.2, 0) is 6.42 Å². The van der Waals surface area contributed by atoms with Gasteiger partial charge in [-0.3, -0.25) is 0 Å². The number of benzene rings is 2. The minimum absolute atomic E-state index is 0.000843. The first-order chi connectivity index (χ1) is 12.0. The van der Waals surface area contributed by atoms with Gasteiger partial charge in [-0.25, -0.2) is 0 Å². The Morgan fingerprint density at radius 2 is 1.80 bits per heavy atom. The number of rotatable bonds is 9. The van der Waals surface area contributed by atoms with E-state index in [4.69, 9.17) is 14.7 Å². The van der Waals surface area contributed by atoms with Crippen LogP contribution in [0, 0.1) is 11.3 Å². The molecule has 1 N–H and O–H groups in total. The molecule has 0 aromatic heterocycles. The fourth-order valence-electron chi connectivity index (χ4n) is 2.68. The van der Waals surface area contributed by atoms with Crippen molar-refractivity contribution >= 4 is 0 Å². The van der Waals surface area contributed by atoms with Crippen molar-refractivity contribution in [3.05, 3.63) is 59.7 Å². The van der Waals surface area contributed by atoms with Gasteiger partial charge in [0.25, 0.3) is 0 Å². The molecule has 0 atom stereocenters. The Bertz CT molecular complexity index is 703. The van der Waals surface area contributed by atoms with Gasteiger partial charge in [0.15, 0.2) is 0 Å². The van der Waals surface area contributed by atoms with Gasteiger partial charge in [-0.2, -0.15) is 5.26 Å². The van der Waals surface area contributed by atoms with Crippen LogP contribution in [0.4, 0.5) is 0 Å². The highest BCUT2D eigenvalue weighted by molar-refractivity contribution is 5.42. The van der Waals surface area contributed by atoms with Crippen LogP contribution in [0.5, 0.6) is 11.5 Å². The molecule has 0 saturated carbocycles. The van der Waals surface area contributed by atoms with Crippen molar-refractivity contribution in [2.45, 2.75) is 32.2 Å². The molecule has 0 amide bonds. The van der Waals surface area contributed by atoms with Crippen LogP contribution in [0.25, 0.3) is 0 Å². The predicted octanol–water partition coefficient (Wildman–Crippen LogP) is 3.95. The molecule has 4 heteroatoms. The molecule has 0 unspecified atom stereocenters. The lowest BCUT2D eigenvalue weighted by Crippen LogP contribution is -2.42. The van der Waals surface area contributed by atoms with Crippen LogP contribution < -0.4 is 14.8 Å². The topological polar surface area (TPSA) is 54.3 Å². The van der Waals surface area contributed by atoms with Crippen LogP contribution in [0.2, 0.25) is 0 Å². The van der Waals surface area contributed by atoms with E-state index in [1.165, 1.54) is 5.56 Å². The largest absolute Gasteiger partial charge is 0.497 e. The Labute approximate surface area is 150 Å². The summed E-state index contributed by atoms with van der Waals surface area (Å²) in [6.07, 6.45) is 1.82. The van der Waals surface area contributed by atoms with E-state index in [0.29, 0.717) is 17.9 Å². The molecular weight excluding hydrogens is 312 g/mol. The Hall–Kier alpha value is -2.51. The Morgan fingerprint density at radius 1 is 1.08 bits per heavy atom. The first-order valence-corrected chi connectivity index (χ1v) is 8.54. The maximum atomic E-state index is 9.05. The number of nitrogens with one attached hydrogen (secondary N) is 1. The molecule has 0 aliphatic heterocycles. The van der Waals surface area contributed by atoms with Gasteiger partial charge in [0.1, 0.15) is 17.6 Å². The lowest BCUT2D eigenvalue weighted by molar-refractivity contribution is 0.293. The van der Waals surface area contributed by atoms with E-state index in [1.807, 2.05) is 30.3 Å². The molecule has 2 rings (SSSR count). The maximum absolute atomic E-state index is 9.05. The van der Waals surface area contributed by atoms with E-state index >= 15 is 0 Å². The van der Waals surface area contributed by atoms with Crippen LogP contribution in [-0.4, -0.2) is 25.8 Å². The highest BCUT2D eigenvalue weighted by Crippen LogP contribution is 2.18. The molecule has 0 radical (unpaired) electrons. The summed E-state index contributed by atoms with van der Waals surface area (Å²) in [6, 6.07) is 17.7. The van der Waals surface area contributed by atoms with E-state index in [0.717, 1.165) is 25.1 Å². The van der Waals surface area contributed by atoms with Gasteiger partial charge in [0, 0.05) is 5.54 Å². The number of para-hydroxylation sites is 1. The highest BCUT2D eigenvalue weighted by Gasteiger charge is 2.17. The van der Waals surface area contributed by atoms with E-state index in [-0.39, 0.29) is 5.54 Å². The third-order valence-electron chi connectivity index (χ3n) is 3.99. The minimum atomic E-state index is -0.000843. The zero-order valence-electron chi connectivity index (χ0n) is 15.2. The molecule has 0 saturated heterocycles. The van der Waals surface area contributed by atoms with Gasteiger partial charge in [0.05, 0.1) is 19.3 Å². The van der Waals surface area contributed by atoms with Gasteiger partial charge < -0.3 is 14.8 Å². The second kappa shape index (κ2) is 9.10. The Kier molecular flexibility index (Phi) is 6.85. The summed E-state index contributed by atoms with van der Waals surface area (Å²) in [5.74, 6) is 1.53. The zero-order valence-corrected chi connectivity index (χ0v) is 15.2. The van der Waals surface area contributed by atoms with Gasteiger partial charge in [0.2, 0.25) is 0 Å². The summed E-state index contributed by atoms with van der Waals surface area (Å²) in [6.45, 7) is 5.84. The average Bonchev–Trinajstić information content (AvgIpc) is 2.62. The minimum Gasteiger partial charge on any atom is -0.497 e. The third kappa shape index (κ3) is 6.13. The summed E-state index contributed by atoms with van der Waals surface area (Å²) < 4.78 is 10.9. The third-order valence-corrected chi connectivity index (χ3v) is 3.99. The van der Waals surface area contributed by atoms with E-state index < -0.39 is 0 Å². The summed E-state index contributed by atoms with van der Waals surface area (Å²) in [7, 11) is 1.68. The molecule has 0 heterocycles. The number of ether oxygens (including phenoxy) is 2. The van der Waals surface area contributed by atoms with Gasteiger partial charge in [-0.15, -0.1) is 0 Å². The first kappa shape index (κ1) is 18.8. The first-order valence-electron chi connectivity index (χ1n) is 8.54. The smallest absolute Gasteiger partial charge is 0.137 e. The molecular formula is C21H26N2O2. The summed E-state index contributed by atoms with van der Waals surface area (Å²) in [5, 5.41) is 12.6. The van der Waals surface area contributed by atoms with Crippen molar-refractivity contribution < 1.29 is 9.47 Å². The predicted molar refractivity (Wildman–Crippen MR) is 100 cm³/mol. The summed E-state index contributed by atoms with van der Waals surface area (Å²) >= 11 is 0. The molecule has 132 valence electrons. The summed E-state index contributed by atoms with van der Waals surface area (Å²) in [4.78, 5) is 0. The van der Waals surface area contributed by atoms with Crippen molar-refractivity contribution in [1.29, 1.82) is 5.26 Å². The molecule has 0 aliphatic carbocycles. The highest BCUT2D eigenvalue weighted by atomic mass is 16.5. The molecule has 0 bridgehead atoms. The maximum Gasteiger partial charge on any atom is 0.137 e. The fraction of sp³-hybridized carbons (Fsp3) is 0.381.